The lowest BCUT2D eigenvalue weighted by Crippen LogP contribution is -3.24. The van der Waals surface area contributed by atoms with Gasteiger partial charge in [-0.05, 0) is 18.8 Å². The first kappa shape index (κ1) is 10.7. The second kappa shape index (κ2) is 3.64. The van der Waals surface area contributed by atoms with Crippen molar-refractivity contribution in [1.29, 1.82) is 0 Å². The van der Waals surface area contributed by atoms with Crippen molar-refractivity contribution in [3.8, 4) is 12.3 Å². The maximum Gasteiger partial charge on any atom is 0.153 e. The van der Waals surface area contributed by atoms with Gasteiger partial charge in [0.1, 0.15) is 5.78 Å². The monoisotopic (exact) mass is 206 g/mol. The number of fused-ring (bicyclic) bond motifs is 1. The van der Waals surface area contributed by atoms with E-state index in [1.807, 2.05) is 0 Å². The molecule has 15 heavy (non-hydrogen) atoms. The van der Waals surface area contributed by atoms with Crippen LogP contribution in [0.25, 0.3) is 0 Å². The number of terminal acetylenes is 1. The lowest BCUT2D eigenvalue weighted by Gasteiger charge is -2.41. The first-order chi connectivity index (χ1) is 7.06. The molecule has 0 amide bonds. The summed E-state index contributed by atoms with van der Waals surface area (Å²) in [5, 5.41) is 0. The first-order valence-corrected chi connectivity index (χ1v) is 5.93. The average molecular weight is 206 g/mol. The van der Waals surface area contributed by atoms with Crippen LogP contribution in [0.5, 0.6) is 0 Å². The molecule has 1 aliphatic heterocycles. The number of piperidine rings is 1. The van der Waals surface area contributed by atoms with Crippen LogP contribution in [0.4, 0.5) is 0 Å². The molecular weight excluding hydrogens is 186 g/mol. The highest BCUT2D eigenvalue weighted by molar-refractivity contribution is 5.82. The number of nitrogens with one attached hydrogen (secondary N) is 1. The predicted molar refractivity (Wildman–Crippen MR) is 59.5 cm³/mol. The molecule has 2 rings (SSSR count). The van der Waals surface area contributed by atoms with E-state index in [0.717, 1.165) is 19.4 Å². The third-order valence-corrected chi connectivity index (χ3v) is 4.18. The molecule has 1 aliphatic carbocycles. The molecule has 0 aromatic rings. The number of hydrogen-bond acceptors (Lipinski definition) is 1. The molecule has 0 aromatic heterocycles. The van der Waals surface area contributed by atoms with E-state index in [-0.39, 0.29) is 5.54 Å². The minimum absolute atomic E-state index is 0.117. The summed E-state index contributed by atoms with van der Waals surface area (Å²) in [7, 11) is 0. The molecule has 2 aliphatic rings. The Bertz CT molecular complexity index is 313. The van der Waals surface area contributed by atoms with E-state index >= 15 is 0 Å². The zero-order valence-corrected chi connectivity index (χ0v) is 9.68. The largest absolute Gasteiger partial charge is 0.317 e. The number of likely N-dealkylation sites (tertiary alicyclic amines) is 1. The smallest absolute Gasteiger partial charge is 0.153 e. The molecule has 1 saturated carbocycles. The third-order valence-electron chi connectivity index (χ3n) is 4.18. The lowest BCUT2D eigenvalue weighted by atomic mass is 9.86. The fourth-order valence-corrected chi connectivity index (χ4v) is 3.26. The molecule has 0 radical (unpaired) electrons. The third kappa shape index (κ3) is 1.70. The fraction of sp³-hybridized carbons (Fsp3) is 0.769. The van der Waals surface area contributed by atoms with Crippen LogP contribution in [0.1, 0.15) is 39.5 Å². The predicted octanol–water partition coefficient (Wildman–Crippen LogP) is 0.425. The summed E-state index contributed by atoms with van der Waals surface area (Å²) in [5.41, 5.74) is -0.117. The van der Waals surface area contributed by atoms with Gasteiger partial charge in [0.05, 0.1) is 24.9 Å². The molecule has 0 aromatic carbocycles. The molecule has 82 valence electrons. The van der Waals surface area contributed by atoms with Crippen LogP contribution in [0.2, 0.25) is 0 Å². The number of rotatable bonds is 1. The summed E-state index contributed by atoms with van der Waals surface area (Å²) in [6.07, 6.45) is 9.79. The van der Waals surface area contributed by atoms with Crippen LogP contribution >= 0.6 is 0 Å². The first-order valence-electron chi connectivity index (χ1n) is 5.93. The Morgan fingerprint density at radius 3 is 2.87 bits per heavy atom. The number of quaternary nitrogens is 1. The standard InChI is InChI=1S/C13H19NO/c1-4-13(2,3)14-9-8-12(15)10-6-5-7-11(10)14/h1,10-11H,5-9H2,2-3H3/p+1/t10-,11+/m1/s1. The minimum atomic E-state index is -0.117. The summed E-state index contributed by atoms with van der Waals surface area (Å²) in [6.45, 7) is 5.16. The zero-order chi connectivity index (χ0) is 11.1. The Kier molecular flexibility index (Phi) is 2.60. The van der Waals surface area contributed by atoms with Crippen LogP contribution in [-0.4, -0.2) is 23.9 Å². The molecule has 0 spiro atoms. The van der Waals surface area contributed by atoms with E-state index in [2.05, 4.69) is 19.8 Å². The van der Waals surface area contributed by atoms with E-state index in [9.17, 15) is 4.79 Å². The van der Waals surface area contributed by atoms with Gasteiger partial charge in [0.2, 0.25) is 0 Å². The van der Waals surface area contributed by atoms with Crippen LogP contribution in [0.15, 0.2) is 0 Å². The summed E-state index contributed by atoms with van der Waals surface area (Å²) in [6, 6.07) is 0.497. The van der Waals surface area contributed by atoms with Crippen molar-refractivity contribution in [2.45, 2.75) is 51.1 Å². The molecule has 3 atom stereocenters. The van der Waals surface area contributed by atoms with Gasteiger partial charge in [0.25, 0.3) is 0 Å². The van der Waals surface area contributed by atoms with E-state index < -0.39 is 0 Å². The topological polar surface area (TPSA) is 21.5 Å². The van der Waals surface area contributed by atoms with Gasteiger partial charge < -0.3 is 4.90 Å². The second-order valence-electron chi connectivity index (χ2n) is 5.40. The van der Waals surface area contributed by atoms with E-state index in [0.29, 0.717) is 17.7 Å². The van der Waals surface area contributed by atoms with Crippen molar-refractivity contribution < 1.29 is 9.69 Å². The van der Waals surface area contributed by atoms with Crippen molar-refractivity contribution in [1.82, 2.24) is 0 Å². The summed E-state index contributed by atoms with van der Waals surface area (Å²) in [4.78, 5) is 13.2. The van der Waals surface area contributed by atoms with Gasteiger partial charge in [0.15, 0.2) is 5.54 Å². The summed E-state index contributed by atoms with van der Waals surface area (Å²) >= 11 is 0. The molecule has 1 heterocycles. The summed E-state index contributed by atoms with van der Waals surface area (Å²) < 4.78 is 0. The van der Waals surface area contributed by atoms with Crippen molar-refractivity contribution in [2.75, 3.05) is 6.54 Å². The zero-order valence-electron chi connectivity index (χ0n) is 9.68. The maximum atomic E-state index is 11.8. The van der Waals surface area contributed by atoms with Gasteiger partial charge in [-0.25, -0.2) is 0 Å². The Hall–Kier alpha value is -0.810. The van der Waals surface area contributed by atoms with Crippen LogP contribution in [-0.2, 0) is 4.79 Å². The van der Waals surface area contributed by atoms with Crippen molar-refractivity contribution in [3.63, 3.8) is 0 Å². The number of carbonyl (C=O) groups is 1. The maximum absolute atomic E-state index is 11.8. The highest BCUT2D eigenvalue weighted by atomic mass is 16.1. The molecule has 2 heteroatoms. The molecule has 2 nitrogen and oxygen atoms in total. The number of ketones is 1. The van der Waals surface area contributed by atoms with E-state index in [4.69, 9.17) is 6.42 Å². The molecule has 2 fully saturated rings. The van der Waals surface area contributed by atoms with Gasteiger partial charge in [0, 0.05) is 20.3 Å². The van der Waals surface area contributed by atoms with Crippen LogP contribution in [0.3, 0.4) is 0 Å². The highest BCUT2D eigenvalue weighted by Gasteiger charge is 2.48. The lowest BCUT2D eigenvalue weighted by molar-refractivity contribution is -0.966. The molecule has 0 bridgehead atoms. The normalized spacial score (nSPS) is 36.1. The quantitative estimate of drug-likeness (QED) is 0.617. The number of carbonyl (C=O) groups excluding carboxylic acids is 1. The van der Waals surface area contributed by atoms with Gasteiger partial charge in [-0.3, -0.25) is 4.79 Å². The molecule has 1 unspecified atom stereocenters. The van der Waals surface area contributed by atoms with E-state index in [1.165, 1.54) is 17.7 Å². The van der Waals surface area contributed by atoms with Crippen molar-refractivity contribution >= 4 is 5.78 Å². The van der Waals surface area contributed by atoms with Gasteiger partial charge in [-0.1, -0.05) is 0 Å². The number of Topliss-reactive ketones (excluding diaryl/α,β-unsaturated/α-hetero) is 1. The SMILES string of the molecule is C#CC(C)(C)[NH+]1CCC(=O)[C@@H]2CCC[C@@H]21. The Balaban J connectivity index is 2.22. The van der Waals surface area contributed by atoms with Crippen molar-refractivity contribution in [2.24, 2.45) is 5.92 Å². The van der Waals surface area contributed by atoms with Crippen molar-refractivity contribution in [3.05, 3.63) is 0 Å². The fourth-order valence-electron chi connectivity index (χ4n) is 3.26. The second-order valence-corrected chi connectivity index (χ2v) is 5.40. The Morgan fingerprint density at radius 1 is 1.47 bits per heavy atom. The average Bonchev–Trinajstić information content (AvgIpc) is 2.67. The molecule has 1 N–H and O–H groups in total. The Morgan fingerprint density at radius 2 is 2.20 bits per heavy atom. The van der Waals surface area contributed by atoms with Gasteiger partial charge >= 0.3 is 0 Å². The highest BCUT2D eigenvalue weighted by Crippen LogP contribution is 2.28. The van der Waals surface area contributed by atoms with Gasteiger partial charge in [-0.15, -0.1) is 6.42 Å². The van der Waals surface area contributed by atoms with Gasteiger partial charge in [-0.2, -0.15) is 0 Å². The van der Waals surface area contributed by atoms with Crippen LogP contribution < -0.4 is 4.90 Å². The van der Waals surface area contributed by atoms with E-state index in [1.54, 1.807) is 0 Å². The number of hydrogen-bond donors (Lipinski definition) is 1. The summed E-state index contributed by atoms with van der Waals surface area (Å²) in [5.74, 6) is 3.68. The minimum Gasteiger partial charge on any atom is -0.317 e. The molecule has 1 saturated heterocycles. The molecular formula is C13H20NO+. The van der Waals surface area contributed by atoms with Crippen LogP contribution in [0, 0.1) is 18.3 Å². The Labute approximate surface area is 92.0 Å².